The second kappa shape index (κ2) is 9.21. The van der Waals surface area contributed by atoms with Crippen LogP contribution in [-0.2, 0) is 11.3 Å². The number of hydrogen-bond donors (Lipinski definition) is 1. The standard InChI is InChI=1S/C20H28N4OS/c1-3-12-24-19(16-9-7-8-15(2)13-16)22-23-20(24)26-14-18(25)21-17-10-5-4-6-11-17/h7-9,13,17H,3-6,10-12,14H2,1-2H3,(H,21,25). The highest BCUT2D eigenvalue weighted by Gasteiger charge is 2.18. The monoisotopic (exact) mass is 372 g/mol. The number of amides is 1. The third kappa shape index (κ3) is 4.87. The third-order valence-corrected chi connectivity index (χ3v) is 5.71. The van der Waals surface area contributed by atoms with Crippen LogP contribution in [0.15, 0.2) is 29.4 Å². The minimum Gasteiger partial charge on any atom is -0.353 e. The lowest BCUT2D eigenvalue weighted by Gasteiger charge is -2.22. The van der Waals surface area contributed by atoms with E-state index in [0.717, 1.165) is 42.4 Å². The molecule has 0 saturated heterocycles. The summed E-state index contributed by atoms with van der Waals surface area (Å²) in [6.07, 6.45) is 6.97. The van der Waals surface area contributed by atoms with E-state index in [1.807, 2.05) is 6.07 Å². The van der Waals surface area contributed by atoms with Crippen LogP contribution in [0.2, 0.25) is 0 Å². The molecule has 1 aromatic heterocycles. The Morgan fingerprint density at radius 1 is 1.27 bits per heavy atom. The van der Waals surface area contributed by atoms with Crippen molar-refractivity contribution >= 4 is 17.7 Å². The molecule has 1 aliphatic carbocycles. The molecule has 1 saturated carbocycles. The molecule has 1 N–H and O–H groups in total. The zero-order chi connectivity index (χ0) is 18.4. The summed E-state index contributed by atoms with van der Waals surface area (Å²) >= 11 is 1.48. The predicted molar refractivity (Wildman–Crippen MR) is 106 cm³/mol. The van der Waals surface area contributed by atoms with Crippen molar-refractivity contribution < 1.29 is 4.79 Å². The average Bonchev–Trinajstić information content (AvgIpc) is 3.04. The predicted octanol–water partition coefficient (Wildman–Crippen LogP) is 4.20. The zero-order valence-electron chi connectivity index (χ0n) is 15.7. The van der Waals surface area contributed by atoms with Crippen LogP contribution in [0.25, 0.3) is 11.4 Å². The smallest absolute Gasteiger partial charge is 0.230 e. The van der Waals surface area contributed by atoms with Gasteiger partial charge >= 0.3 is 0 Å². The molecule has 1 fully saturated rings. The van der Waals surface area contributed by atoms with Gasteiger partial charge in [0, 0.05) is 18.2 Å². The summed E-state index contributed by atoms with van der Waals surface area (Å²) in [5.41, 5.74) is 2.28. The van der Waals surface area contributed by atoms with Crippen LogP contribution in [-0.4, -0.2) is 32.5 Å². The molecular formula is C20H28N4OS. The topological polar surface area (TPSA) is 59.8 Å². The number of rotatable bonds is 7. The van der Waals surface area contributed by atoms with Gasteiger partial charge < -0.3 is 9.88 Å². The van der Waals surface area contributed by atoms with Gasteiger partial charge in [-0.2, -0.15) is 0 Å². The summed E-state index contributed by atoms with van der Waals surface area (Å²) in [4.78, 5) is 12.3. The summed E-state index contributed by atoms with van der Waals surface area (Å²) in [5.74, 6) is 1.38. The molecule has 1 heterocycles. The van der Waals surface area contributed by atoms with Gasteiger partial charge in [0.15, 0.2) is 11.0 Å². The van der Waals surface area contributed by atoms with E-state index in [1.54, 1.807) is 0 Å². The number of nitrogens with one attached hydrogen (secondary N) is 1. The van der Waals surface area contributed by atoms with Gasteiger partial charge in [-0.1, -0.05) is 61.7 Å². The molecule has 3 rings (SSSR count). The summed E-state index contributed by atoms with van der Waals surface area (Å²) in [5, 5.41) is 12.7. The van der Waals surface area contributed by atoms with Crippen LogP contribution in [0.3, 0.4) is 0 Å². The number of thioether (sulfide) groups is 1. The average molecular weight is 373 g/mol. The quantitative estimate of drug-likeness (QED) is 0.740. The molecule has 6 heteroatoms. The summed E-state index contributed by atoms with van der Waals surface area (Å²) in [7, 11) is 0. The van der Waals surface area contributed by atoms with E-state index in [-0.39, 0.29) is 5.91 Å². The van der Waals surface area contributed by atoms with E-state index < -0.39 is 0 Å². The number of carbonyl (C=O) groups is 1. The lowest BCUT2D eigenvalue weighted by atomic mass is 9.95. The van der Waals surface area contributed by atoms with Gasteiger partial charge in [-0.15, -0.1) is 10.2 Å². The van der Waals surface area contributed by atoms with Crippen LogP contribution >= 0.6 is 11.8 Å². The fourth-order valence-electron chi connectivity index (χ4n) is 3.46. The van der Waals surface area contributed by atoms with E-state index in [1.165, 1.54) is 36.6 Å². The molecule has 1 aliphatic rings. The lowest BCUT2D eigenvalue weighted by Crippen LogP contribution is -2.37. The Morgan fingerprint density at radius 3 is 2.81 bits per heavy atom. The molecule has 2 aromatic rings. The first kappa shape index (κ1) is 19.0. The minimum atomic E-state index is 0.102. The van der Waals surface area contributed by atoms with E-state index in [2.05, 4.69) is 52.1 Å². The Morgan fingerprint density at radius 2 is 2.08 bits per heavy atom. The van der Waals surface area contributed by atoms with Crippen molar-refractivity contribution in [1.29, 1.82) is 0 Å². The van der Waals surface area contributed by atoms with Gasteiger partial charge in [-0.05, 0) is 32.3 Å². The second-order valence-corrected chi connectivity index (χ2v) is 7.96. The number of aryl methyl sites for hydroxylation is 1. The van der Waals surface area contributed by atoms with Crippen molar-refractivity contribution in [3.8, 4) is 11.4 Å². The van der Waals surface area contributed by atoms with Gasteiger partial charge in [0.25, 0.3) is 0 Å². The Hall–Kier alpha value is -1.82. The van der Waals surface area contributed by atoms with Gasteiger partial charge in [0.2, 0.25) is 5.91 Å². The van der Waals surface area contributed by atoms with E-state index in [0.29, 0.717) is 11.8 Å². The van der Waals surface area contributed by atoms with Crippen molar-refractivity contribution in [2.75, 3.05) is 5.75 Å². The van der Waals surface area contributed by atoms with E-state index in [9.17, 15) is 4.79 Å². The third-order valence-electron chi connectivity index (χ3n) is 4.74. The molecule has 0 aliphatic heterocycles. The van der Waals surface area contributed by atoms with Crippen LogP contribution in [0, 0.1) is 6.92 Å². The molecule has 0 unspecified atom stereocenters. The van der Waals surface area contributed by atoms with Crippen LogP contribution in [0.1, 0.15) is 51.0 Å². The maximum atomic E-state index is 12.3. The summed E-state index contributed by atoms with van der Waals surface area (Å²) < 4.78 is 2.13. The van der Waals surface area contributed by atoms with E-state index in [4.69, 9.17) is 0 Å². The maximum Gasteiger partial charge on any atom is 0.230 e. The number of nitrogens with zero attached hydrogens (tertiary/aromatic N) is 3. The zero-order valence-corrected chi connectivity index (χ0v) is 16.5. The van der Waals surface area contributed by atoms with E-state index >= 15 is 0 Å². The Bertz CT molecular complexity index is 737. The Kier molecular flexibility index (Phi) is 6.72. The Labute approximate surface area is 160 Å². The van der Waals surface area contributed by atoms with Crippen molar-refractivity contribution in [3.05, 3.63) is 29.8 Å². The van der Waals surface area contributed by atoms with Gasteiger partial charge in [-0.25, -0.2) is 0 Å². The molecule has 140 valence electrons. The Balaban J connectivity index is 1.66. The largest absolute Gasteiger partial charge is 0.353 e. The first-order chi connectivity index (χ1) is 12.7. The fraction of sp³-hybridized carbons (Fsp3) is 0.550. The SMILES string of the molecule is CCCn1c(SCC(=O)NC2CCCCC2)nnc1-c1cccc(C)c1. The normalized spacial score (nSPS) is 15.2. The molecule has 5 nitrogen and oxygen atoms in total. The first-order valence-electron chi connectivity index (χ1n) is 9.59. The highest BCUT2D eigenvalue weighted by molar-refractivity contribution is 7.99. The highest BCUT2D eigenvalue weighted by Crippen LogP contribution is 2.25. The molecule has 1 amide bonds. The number of carbonyl (C=O) groups excluding carboxylic acids is 1. The lowest BCUT2D eigenvalue weighted by molar-refractivity contribution is -0.119. The molecule has 0 atom stereocenters. The number of hydrogen-bond acceptors (Lipinski definition) is 4. The van der Waals surface area contributed by atoms with Crippen LogP contribution in [0.5, 0.6) is 0 Å². The molecule has 0 spiro atoms. The first-order valence-corrected chi connectivity index (χ1v) is 10.6. The van der Waals surface area contributed by atoms with Crippen molar-refractivity contribution in [2.45, 2.75) is 70.1 Å². The van der Waals surface area contributed by atoms with Crippen molar-refractivity contribution in [2.24, 2.45) is 0 Å². The maximum absolute atomic E-state index is 12.3. The van der Waals surface area contributed by atoms with Gasteiger partial charge in [0.05, 0.1) is 5.75 Å². The molecule has 26 heavy (non-hydrogen) atoms. The second-order valence-electron chi connectivity index (χ2n) is 7.02. The number of benzene rings is 1. The van der Waals surface area contributed by atoms with Gasteiger partial charge in [-0.3, -0.25) is 4.79 Å². The summed E-state index contributed by atoms with van der Waals surface area (Å²) in [6.45, 7) is 5.07. The summed E-state index contributed by atoms with van der Waals surface area (Å²) in [6, 6.07) is 8.66. The fourth-order valence-corrected chi connectivity index (χ4v) is 4.24. The molecule has 0 bridgehead atoms. The minimum absolute atomic E-state index is 0.102. The van der Waals surface area contributed by atoms with Gasteiger partial charge in [0.1, 0.15) is 0 Å². The van der Waals surface area contributed by atoms with Crippen LogP contribution in [0.4, 0.5) is 0 Å². The highest BCUT2D eigenvalue weighted by atomic mass is 32.2. The molecule has 0 radical (unpaired) electrons. The number of aromatic nitrogens is 3. The van der Waals surface area contributed by atoms with Crippen molar-refractivity contribution in [1.82, 2.24) is 20.1 Å². The molecular weight excluding hydrogens is 344 g/mol. The molecule has 1 aromatic carbocycles. The van der Waals surface area contributed by atoms with Crippen LogP contribution < -0.4 is 5.32 Å². The van der Waals surface area contributed by atoms with Crippen molar-refractivity contribution in [3.63, 3.8) is 0 Å².